The molecule has 0 radical (unpaired) electrons. The fourth-order valence-electron chi connectivity index (χ4n) is 1.06. The first-order chi connectivity index (χ1) is 6.68. The number of benzene rings is 1. The molecule has 6 nitrogen and oxygen atoms in total. The molecular weight excluding hydrogens is 206 g/mol. The van der Waals surface area contributed by atoms with E-state index in [9.17, 15) is 4.79 Å². The molecule has 0 fully saturated rings. The monoisotopic (exact) mass is 211 g/mol. The normalized spacial score (nSPS) is 10.4. The van der Waals surface area contributed by atoms with E-state index in [0.29, 0.717) is 16.4 Å². The first-order valence-corrected chi connectivity index (χ1v) is 4.12. The van der Waals surface area contributed by atoms with Crippen LogP contribution >= 0.6 is 11.6 Å². The molecule has 2 rings (SSSR count). The van der Waals surface area contributed by atoms with Crippen LogP contribution in [0.4, 0.5) is 5.69 Å². The SMILES string of the molecule is Nc1ccc(Cl)cc1-n1nn[nH]c1=O. The van der Waals surface area contributed by atoms with Crippen LogP contribution in [0, 0.1) is 0 Å². The molecule has 0 spiro atoms. The van der Waals surface area contributed by atoms with Gasteiger partial charge in [-0.3, -0.25) is 0 Å². The smallest absolute Gasteiger partial charge is 0.365 e. The summed E-state index contributed by atoms with van der Waals surface area (Å²) in [5, 5.41) is 9.53. The summed E-state index contributed by atoms with van der Waals surface area (Å²) in [5.41, 5.74) is 6.01. The molecule has 14 heavy (non-hydrogen) atoms. The Morgan fingerprint density at radius 2 is 2.29 bits per heavy atom. The van der Waals surface area contributed by atoms with Gasteiger partial charge in [0.15, 0.2) is 0 Å². The molecule has 3 N–H and O–H groups in total. The third-order valence-electron chi connectivity index (χ3n) is 1.69. The van der Waals surface area contributed by atoms with Crippen molar-refractivity contribution in [2.75, 3.05) is 5.73 Å². The van der Waals surface area contributed by atoms with E-state index >= 15 is 0 Å². The van der Waals surface area contributed by atoms with Crippen LogP contribution in [0.3, 0.4) is 0 Å². The van der Waals surface area contributed by atoms with Crippen LogP contribution in [0.5, 0.6) is 0 Å². The summed E-state index contributed by atoms with van der Waals surface area (Å²) in [5.74, 6) is 0. The predicted octanol–water partition coefficient (Wildman–Crippen LogP) is 0.191. The Balaban J connectivity index is 2.68. The Kier molecular flexibility index (Phi) is 1.97. The zero-order valence-electron chi connectivity index (χ0n) is 6.94. The fourth-order valence-corrected chi connectivity index (χ4v) is 1.22. The lowest BCUT2D eigenvalue weighted by Crippen LogP contribution is -2.17. The van der Waals surface area contributed by atoms with E-state index in [1.54, 1.807) is 18.2 Å². The van der Waals surface area contributed by atoms with E-state index in [-0.39, 0.29) is 0 Å². The maximum Gasteiger partial charge on any atom is 0.365 e. The summed E-state index contributed by atoms with van der Waals surface area (Å²) in [6.45, 7) is 0. The van der Waals surface area contributed by atoms with Crippen LogP contribution in [0.25, 0.3) is 5.69 Å². The number of tetrazole rings is 1. The highest BCUT2D eigenvalue weighted by Gasteiger charge is 2.06. The summed E-state index contributed by atoms with van der Waals surface area (Å²) < 4.78 is 1.04. The van der Waals surface area contributed by atoms with Crippen LogP contribution in [0.2, 0.25) is 5.02 Å². The number of nitrogen functional groups attached to an aromatic ring is 1. The summed E-state index contributed by atoms with van der Waals surface area (Å²) in [6.07, 6.45) is 0. The van der Waals surface area contributed by atoms with Gasteiger partial charge in [-0.05, 0) is 28.6 Å². The first-order valence-electron chi connectivity index (χ1n) is 3.74. The maximum atomic E-state index is 11.2. The van der Waals surface area contributed by atoms with Crippen LogP contribution in [0.15, 0.2) is 23.0 Å². The first kappa shape index (κ1) is 8.76. The van der Waals surface area contributed by atoms with Crippen molar-refractivity contribution >= 4 is 17.3 Å². The zero-order valence-corrected chi connectivity index (χ0v) is 7.69. The van der Waals surface area contributed by atoms with Gasteiger partial charge >= 0.3 is 5.69 Å². The van der Waals surface area contributed by atoms with Crippen molar-refractivity contribution in [3.63, 3.8) is 0 Å². The summed E-state index contributed by atoms with van der Waals surface area (Å²) in [6, 6.07) is 4.77. The largest absolute Gasteiger partial charge is 0.397 e. The highest BCUT2D eigenvalue weighted by molar-refractivity contribution is 6.30. The molecule has 72 valence electrons. The van der Waals surface area contributed by atoms with Crippen molar-refractivity contribution in [2.45, 2.75) is 0 Å². The molecule has 1 aromatic heterocycles. The number of aromatic amines is 1. The van der Waals surface area contributed by atoms with Crippen LogP contribution in [-0.2, 0) is 0 Å². The van der Waals surface area contributed by atoms with Gasteiger partial charge in [-0.1, -0.05) is 11.6 Å². The van der Waals surface area contributed by atoms with Crippen molar-refractivity contribution in [3.8, 4) is 5.69 Å². The third-order valence-corrected chi connectivity index (χ3v) is 1.93. The van der Waals surface area contributed by atoms with Gasteiger partial charge in [0.2, 0.25) is 0 Å². The van der Waals surface area contributed by atoms with Crippen molar-refractivity contribution in [1.29, 1.82) is 0 Å². The predicted molar refractivity (Wildman–Crippen MR) is 51.4 cm³/mol. The Hall–Kier alpha value is -1.82. The molecule has 0 bridgehead atoms. The van der Waals surface area contributed by atoms with E-state index in [4.69, 9.17) is 17.3 Å². The van der Waals surface area contributed by atoms with Gasteiger partial charge < -0.3 is 5.73 Å². The molecule has 0 saturated carbocycles. The number of anilines is 1. The van der Waals surface area contributed by atoms with E-state index in [1.807, 2.05) is 0 Å². The average molecular weight is 212 g/mol. The van der Waals surface area contributed by atoms with Gasteiger partial charge in [0.1, 0.15) is 0 Å². The minimum absolute atomic E-state index is 0.408. The van der Waals surface area contributed by atoms with Crippen LogP contribution in [-0.4, -0.2) is 20.2 Å². The molecule has 0 atom stereocenters. The molecule has 2 aromatic rings. The number of aromatic nitrogens is 4. The standard InChI is InChI=1S/C7H6ClN5O/c8-4-1-2-5(9)6(3-4)13-7(14)10-11-12-13/h1-3H,9H2,(H,10,12,14). The molecule has 0 aliphatic heterocycles. The second kappa shape index (κ2) is 3.15. The van der Waals surface area contributed by atoms with Gasteiger partial charge in [-0.15, -0.1) is 0 Å². The highest BCUT2D eigenvalue weighted by atomic mass is 35.5. The van der Waals surface area contributed by atoms with Crippen molar-refractivity contribution < 1.29 is 0 Å². The number of hydrogen-bond donors (Lipinski definition) is 2. The number of nitrogens with one attached hydrogen (secondary N) is 1. The maximum absolute atomic E-state index is 11.2. The number of nitrogens with zero attached hydrogens (tertiary/aromatic N) is 3. The zero-order chi connectivity index (χ0) is 10.1. The van der Waals surface area contributed by atoms with E-state index < -0.39 is 5.69 Å². The Morgan fingerprint density at radius 1 is 1.50 bits per heavy atom. The number of rotatable bonds is 1. The Morgan fingerprint density at radius 3 is 2.93 bits per heavy atom. The molecule has 1 aromatic carbocycles. The number of halogens is 1. The van der Waals surface area contributed by atoms with Crippen molar-refractivity contribution in [3.05, 3.63) is 33.7 Å². The lowest BCUT2D eigenvalue weighted by molar-refractivity contribution is 0.781. The summed E-state index contributed by atoms with van der Waals surface area (Å²) in [7, 11) is 0. The molecule has 0 amide bonds. The Labute approximate surface area is 83.3 Å². The third kappa shape index (κ3) is 1.35. The fraction of sp³-hybridized carbons (Fsp3) is 0. The van der Waals surface area contributed by atoms with Crippen LogP contribution < -0.4 is 11.4 Å². The number of hydrogen-bond acceptors (Lipinski definition) is 4. The minimum atomic E-state index is -0.459. The van der Waals surface area contributed by atoms with E-state index in [0.717, 1.165) is 4.68 Å². The molecule has 0 aliphatic carbocycles. The number of H-pyrrole nitrogens is 1. The van der Waals surface area contributed by atoms with Crippen molar-refractivity contribution in [1.82, 2.24) is 20.2 Å². The van der Waals surface area contributed by atoms with Crippen LogP contribution in [0.1, 0.15) is 0 Å². The van der Waals surface area contributed by atoms with Gasteiger partial charge in [-0.25, -0.2) is 9.89 Å². The topological polar surface area (TPSA) is 89.6 Å². The second-order valence-electron chi connectivity index (χ2n) is 2.62. The minimum Gasteiger partial charge on any atom is -0.397 e. The van der Waals surface area contributed by atoms with Gasteiger partial charge in [0, 0.05) is 5.02 Å². The molecule has 0 saturated heterocycles. The molecule has 1 heterocycles. The summed E-state index contributed by atoms with van der Waals surface area (Å²) in [4.78, 5) is 11.2. The Bertz CT molecular complexity index is 517. The lowest BCUT2D eigenvalue weighted by atomic mass is 10.3. The van der Waals surface area contributed by atoms with E-state index in [2.05, 4.69) is 15.5 Å². The molecule has 0 aliphatic rings. The average Bonchev–Trinajstić information content (AvgIpc) is 2.56. The highest BCUT2D eigenvalue weighted by Crippen LogP contribution is 2.19. The second-order valence-corrected chi connectivity index (χ2v) is 3.06. The van der Waals surface area contributed by atoms with Crippen molar-refractivity contribution in [2.24, 2.45) is 0 Å². The lowest BCUT2D eigenvalue weighted by Gasteiger charge is -2.02. The van der Waals surface area contributed by atoms with Gasteiger partial charge in [0.25, 0.3) is 0 Å². The van der Waals surface area contributed by atoms with Gasteiger partial charge in [-0.2, -0.15) is 4.68 Å². The number of nitrogens with two attached hydrogens (primary N) is 1. The summed E-state index contributed by atoms with van der Waals surface area (Å²) >= 11 is 5.76. The molecule has 0 unspecified atom stereocenters. The van der Waals surface area contributed by atoms with Gasteiger partial charge in [0.05, 0.1) is 11.4 Å². The van der Waals surface area contributed by atoms with E-state index in [1.165, 1.54) is 0 Å². The molecular formula is C7H6ClN5O. The molecule has 7 heteroatoms. The quantitative estimate of drug-likeness (QED) is 0.659.